The molecule has 0 saturated heterocycles. The molecule has 1 unspecified atom stereocenters. The fourth-order valence-electron chi connectivity index (χ4n) is 5.86. The first kappa shape index (κ1) is 23.4. The van der Waals surface area contributed by atoms with Gasteiger partial charge in [0.25, 0.3) is 0 Å². The van der Waals surface area contributed by atoms with Crippen molar-refractivity contribution in [2.45, 2.75) is 50.5 Å². The van der Waals surface area contributed by atoms with E-state index in [2.05, 4.69) is 55.2 Å². The number of carboxylic acids is 1. The lowest BCUT2D eigenvalue weighted by atomic mass is 9.81. The number of carbonyl (C=O) groups is 1. The van der Waals surface area contributed by atoms with Crippen LogP contribution in [0, 0.1) is 0 Å². The van der Waals surface area contributed by atoms with Gasteiger partial charge in [-0.2, -0.15) is 4.98 Å². The van der Waals surface area contributed by atoms with Gasteiger partial charge in [-0.1, -0.05) is 25.1 Å². The van der Waals surface area contributed by atoms with E-state index in [1.54, 1.807) is 6.20 Å². The first-order valence-electron chi connectivity index (χ1n) is 12.5. The zero-order valence-electron chi connectivity index (χ0n) is 20.6. The molecule has 7 nitrogen and oxygen atoms in total. The van der Waals surface area contributed by atoms with Crippen LogP contribution in [0.5, 0.6) is 0 Å². The Bertz CT molecular complexity index is 1360. The standard InChI is InChI=1S/C28H30BrN5O2/c1-28(13-25(35)36)16-34(24-6-4-3-5-22(24)28)26-23(29)14-30-27(32-26)31-19-11-18-15-33(2)10-9-20(18)21(12-19)17-7-8-17/h3-6,11-12,14,17H,7-10,13,15-16H2,1-2H3,(H,35,36)(H,30,31,32). The number of nitrogens with zero attached hydrogens (tertiary/aromatic N) is 4. The molecular weight excluding hydrogens is 518 g/mol. The predicted molar refractivity (Wildman–Crippen MR) is 145 cm³/mol. The lowest BCUT2D eigenvalue weighted by molar-refractivity contribution is -0.138. The summed E-state index contributed by atoms with van der Waals surface area (Å²) in [6.45, 7) is 4.61. The number of fused-ring (bicyclic) bond motifs is 2. The van der Waals surface area contributed by atoms with Crippen molar-refractivity contribution in [2.24, 2.45) is 0 Å². The fraction of sp³-hybridized carbons (Fsp3) is 0.393. The van der Waals surface area contributed by atoms with E-state index in [1.165, 1.54) is 29.5 Å². The maximum absolute atomic E-state index is 11.7. The number of likely N-dealkylation sites (N-methyl/N-ethyl adjacent to an activating group) is 1. The number of hydrogen-bond donors (Lipinski definition) is 2. The summed E-state index contributed by atoms with van der Waals surface area (Å²) in [5, 5.41) is 13.1. The maximum atomic E-state index is 11.7. The molecule has 1 atom stereocenters. The average molecular weight is 548 g/mol. The van der Waals surface area contributed by atoms with Crippen LogP contribution in [0.4, 0.5) is 23.1 Å². The Morgan fingerprint density at radius 3 is 2.86 bits per heavy atom. The molecular formula is C28H30BrN5O2. The van der Waals surface area contributed by atoms with Crippen LogP contribution >= 0.6 is 15.9 Å². The van der Waals surface area contributed by atoms with Gasteiger partial charge in [0.1, 0.15) is 0 Å². The number of anilines is 4. The molecule has 2 N–H and O–H groups in total. The second-order valence-electron chi connectivity index (χ2n) is 10.7. The summed E-state index contributed by atoms with van der Waals surface area (Å²) >= 11 is 3.64. The molecule has 3 heterocycles. The third-order valence-electron chi connectivity index (χ3n) is 7.71. The minimum absolute atomic E-state index is 0.0574. The molecule has 1 aromatic heterocycles. The van der Waals surface area contributed by atoms with Gasteiger partial charge in [0.05, 0.1) is 10.9 Å². The molecule has 3 aliphatic rings. The number of para-hydroxylation sites is 1. The van der Waals surface area contributed by atoms with E-state index in [1.807, 2.05) is 31.2 Å². The van der Waals surface area contributed by atoms with Gasteiger partial charge >= 0.3 is 5.97 Å². The number of aromatic nitrogens is 2. The number of rotatable bonds is 6. The Labute approximate surface area is 219 Å². The van der Waals surface area contributed by atoms with Crippen LogP contribution < -0.4 is 10.2 Å². The van der Waals surface area contributed by atoms with E-state index >= 15 is 0 Å². The van der Waals surface area contributed by atoms with Crippen LogP contribution in [0.3, 0.4) is 0 Å². The second kappa shape index (κ2) is 8.85. The molecule has 1 saturated carbocycles. The molecule has 1 fully saturated rings. The molecule has 2 aromatic carbocycles. The smallest absolute Gasteiger partial charge is 0.304 e. The van der Waals surface area contributed by atoms with E-state index in [-0.39, 0.29) is 6.42 Å². The lowest BCUT2D eigenvalue weighted by Gasteiger charge is -2.28. The number of hydrogen-bond acceptors (Lipinski definition) is 6. The normalized spacial score (nSPS) is 21.2. The van der Waals surface area contributed by atoms with Gasteiger partial charge in [0.2, 0.25) is 5.95 Å². The largest absolute Gasteiger partial charge is 0.481 e. The highest BCUT2D eigenvalue weighted by atomic mass is 79.9. The van der Waals surface area contributed by atoms with Crippen LogP contribution in [0.15, 0.2) is 47.1 Å². The molecule has 3 aromatic rings. The van der Waals surface area contributed by atoms with Crippen LogP contribution in [0.2, 0.25) is 0 Å². The van der Waals surface area contributed by atoms with E-state index in [0.29, 0.717) is 18.4 Å². The molecule has 0 spiro atoms. The molecule has 0 radical (unpaired) electrons. The first-order valence-corrected chi connectivity index (χ1v) is 13.3. The minimum atomic E-state index is -0.803. The number of benzene rings is 2. The van der Waals surface area contributed by atoms with Crippen molar-refractivity contribution >= 4 is 45.0 Å². The van der Waals surface area contributed by atoms with Crippen LogP contribution in [0.25, 0.3) is 0 Å². The summed E-state index contributed by atoms with van der Waals surface area (Å²) in [6.07, 6.45) is 5.48. The van der Waals surface area contributed by atoms with Gasteiger partial charge in [-0.15, -0.1) is 0 Å². The monoisotopic (exact) mass is 547 g/mol. The predicted octanol–water partition coefficient (Wildman–Crippen LogP) is 5.73. The molecule has 8 heteroatoms. The van der Waals surface area contributed by atoms with Crippen molar-refractivity contribution in [2.75, 3.05) is 30.4 Å². The van der Waals surface area contributed by atoms with Crippen LogP contribution in [-0.4, -0.2) is 46.1 Å². The minimum Gasteiger partial charge on any atom is -0.481 e. The molecule has 0 bridgehead atoms. The van der Waals surface area contributed by atoms with Crippen molar-refractivity contribution < 1.29 is 9.90 Å². The van der Waals surface area contributed by atoms with Crippen molar-refractivity contribution in [1.82, 2.24) is 14.9 Å². The van der Waals surface area contributed by atoms with Gasteiger partial charge in [0.15, 0.2) is 5.82 Å². The SMILES string of the molecule is CN1CCc2c(cc(Nc3ncc(Br)c(N4CC(C)(CC(=O)O)c5ccccc54)n3)cc2C2CC2)C1. The third kappa shape index (κ3) is 4.26. The third-order valence-corrected chi connectivity index (χ3v) is 8.27. The Hall–Kier alpha value is -2.97. The summed E-state index contributed by atoms with van der Waals surface area (Å²) in [5.74, 6) is 1.14. The Balaban J connectivity index is 1.34. The van der Waals surface area contributed by atoms with Crippen molar-refractivity contribution in [1.29, 1.82) is 0 Å². The van der Waals surface area contributed by atoms with Gasteiger partial charge in [-0.3, -0.25) is 4.79 Å². The van der Waals surface area contributed by atoms with Gasteiger partial charge in [0, 0.05) is 42.6 Å². The molecule has 1 aliphatic carbocycles. The quantitative estimate of drug-likeness (QED) is 0.407. The highest BCUT2D eigenvalue weighted by molar-refractivity contribution is 9.10. The summed E-state index contributed by atoms with van der Waals surface area (Å²) in [4.78, 5) is 25.6. The van der Waals surface area contributed by atoms with Crippen molar-refractivity contribution in [3.8, 4) is 0 Å². The van der Waals surface area contributed by atoms with E-state index in [4.69, 9.17) is 4.98 Å². The fourth-order valence-corrected chi connectivity index (χ4v) is 6.26. The van der Waals surface area contributed by atoms with Gasteiger partial charge in [-0.05, 0) is 88.6 Å². The highest BCUT2D eigenvalue weighted by Crippen LogP contribution is 2.47. The number of nitrogens with one attached hydrogen (secondary N) is 1. The van der Waals surface area contributed by atoms with E-state index in [0.717, 1.165) is 46.7 Å². The summed E-state index contributed by atoms with van der Waals surface area (Å²) in [7, 11) is 2.18. The number of carboxylic acid groups (broad SMARTS) is 1. The van der Waals surface area contributed by atoms with Crippen molar-refractivity contribution in [3.05, 3.63) is 69.3 Å². The number of aliphatic carboxylic acids is 1. The Morgan fingerprint density at radius 1 is 1.28 bits per heavy atom. The molecule has 2 aliphatic heterocycles. The zero-order valence-corrected chi connectivity index (χ0v) is 22.2. The van der Waals surface area contributed by atoms with E-state index < -0.39 is 11.4 Å². The summed E-state index contributed by atoms with van der Waals surface area (Å²) in [5.41, 5.74) is 6.94. The average Bonchev–Trinajstić information content (AvgIpc) is 3.64. The summed E-state index contributed by atoms with van der Waals surface area (Å²) in [6, 6.07) is 12.5. The van der Waals surface area contributed by atoms with Crippen LogP contribution in [-0.2, 0) is 23.2 Å². The Kier molecular flexibility index (Phi) is 5.76. The topological polar surface area (TPSA) is 81.6 Å². The Morgan fingerprint density at radius 2 is 2.08 bits per heavy atom. The molecule has 0 amide bonds. The first-order chi connectivity index (χ1) is 17.3. The molecule has 6 rings (SSSR count). The summed E-state index contributed by atoms with van der Waals surface area (Å²) < 4.78 is 0.771. The van der Waals surface area contributed by atoms with Crippen LogP contribution in [0.1, 0.15) is 54.4 Å². The second-order valence-corrected chi connectivity index (χ2v) is 11.5. The van der Waals surface area contributed by atoms with E-state index in [9.17, 15) is 9.90 Å². The molecule has 186 valence electrons. The number of halogens is 1. The van der Waals surface area contributed by atoms with Gasteiger partial charge in [-0.25, -0.2) is 4.98 Å². The van der Waals surface area contributed by atoms with Crippen molar-refractivity contribution in [3.63, 3.8) is 0 Å². The maximum Gasteiger partial charge on any atom is 0.304 e. The lowest BCUT2D eigenvalue weighted by Crippen LogP contribution is -2.31. The molecule has 36 heavy (non-hydrogen) atoms. The highest BCUT2D eigenvalue weighted by Gasteiger charge is 2.42. The van der Waals surface area contributed by atoms with Gasteiger partial charge < -0.3 is 20.2 Å². The zero-order chi connectivity index (χ0) is 25.0.